The highest BCUT2D eigenvalue weighted by Crippen LogP contribution is 2.10. The number of ether oxygens (including phenoxy) is 1. The van der Waals surface area contributed by atoms with Crippen molar-refractivity contribution in [3.63, 3.8) is 0 Å². The van der Waals surface area contributed by atoms with Crippen molar-refractivity contribution in [1.82, 2.24) is 10.6 Å². The molecule has 0 spiro atoms. The van der Waals surface area contributed by atoms with Gasteiger partial charge in [-0.25, -0.2) is 4.79 Å². The number of nitrogens with one attached hydrogen (secondary N) is 2. The summed E-state index contributed by atoms with van der Waals surface area (Å²) in [7, 11) is 0. The lowest BCUT2D eigenvalue weighted by Gasteiger charge is -2.17. The molecule has 0 aromatic heterocycles. The number of carbonyl (C=O) groups is 3. The lowest BCUT2D eigenvalue weighted by atomic mass is 10.0. The van der Waals surface area contributed by atoms with Crippen LogP contribution in [0.25, 0.3) is 0 Å². The summed E-state index contributed by atoms with van der Waals surface area (Å²) in [6.45, 7) is 2.67. The van der Waals surface area contributed by atoms with Crippen molar-refractivity contribution in [2.45, 2.75) is 51.7 Å². The van der Waals surface area contributed by atoms with Crippen LogP contribution in [0.3, 0.4) is 0 Å². The van der Waals surface area contributed by atoms with E-state index in [9.17, 15) is 14.4 Å². The van der Waals surface area contributed by atoms with Crippen LogP contribution in [0, 0.1) is 6.92 Å². The molecule has 0 saturated carbocycles. The van der Waals surface area contributed by atoms with Gasteiger partial charge in [-0.05, 0) is 36.5 Å². The number of unbranched alkanes of at least 4 members (excludes halogenated alkanes) is 2. The number of primary amides is 1. The van der Waals surface area contributed by atoms with Gasteiger partial charge in [0.2, 0.25) is 11.8 Å². The standard InChI is InChI=1S/C24H31N3O4/c1-18-10-7-8-13-20(18)16-21(23(25)29)27-22(28)14-6-3-9-15-26-24(30)31-17-19-11-4-2-5-12-19/h2,4-5,7-8,10-13,21H,3,6,9,14-17H2,1H3,(H2,25,29)(H,26,30)(H,27,28)/t21-/m1/s1. The lowest BCUT2D eigenvalue weighted by molar-refractivity contribution is -0.127. The molecule has 0 heterocycles. The summed E-state index contributed by atoms with van der Waals surface area (Å²) in [5.41, 5.74) is 8.43. The second-order valence-electron chi connectivity index (χ2n) is 7.45. The molecular weight excluding hydrogens is 394 g/mol. The Morgan fingerprint density at radius 3 is 2.39 bits per heavy atom. The Kier molecular flexibility index (Phi) is 10.1. The Morgan fingerprint density at radius 2 is 1.68 bits per heavy atom. The molecule has 166 valence electrons. The average molecular weight is 426 g/mol. The number of benzene rings is 2. The van der Waals surface area contributed by atoms with Crippen LogP contribution in [0.2, 0.25) is 0 Å². The molecule has 0 aliphatic carbocycles. The van der Waals surface area contributed by atoms with Crippen molar-refractivity contribution in [2.24, 2.45) is 5.73 Å². The molecule has 7 heteroatoms. The van der Waals surface area contributed by atoms with E-state index < -0.39 is 18.0 Å². The third kappa shape index (κ3) is 9.33. The number of rotatable bonds is 12. The zero-order chi connectivity index (χ0) is 22.5. The smallest absolute Gasteiger partial charge is 0.407 e. The summed E-state index contributed by atoms with van der Waals surface area (Å²) in [6.07, 6.45) is 2.38. The van der Waals surface area contributed by atoms with Crippen molar-refractivity contribution in [3.05, 3.63) is 71.3 Å². The number of alkyl carbamates (subject to hydrolysis) is 1. The van der Waals surface area contributed by atoms with E-state index in [-0.39, 0.29) is 12.5 Å². The number of aryl methyl sites for hydroxylation is 1. The quantitative estimate of drug-likeness (QED) is 0.454. The van der Waals surface area contributed by atoms with E-state index in [1.807, 2.05) is 61.5 Å². The molecule has 1 atom stereocenters. The highest BCUT2D eigenvalue weighted by Gasteiger charge is 2.19. The molecule has 3 amide bonds. The molecule has 2 rings (SSSR count). The van der Waals surface area contributed by atoms with Gasteiger partial charge in [0.25, 0.3) is 0 Å². The first-order valence-corrected chi connectivity index (χ1v) is 10.5. The molecule has 2 aromatic carbocycles. The SMILES string of the molecule is Cc1ccccc1C[C@@H](NC(=O)CCCCCNC(=O)OCc1ccccc1)C(N)=O. The maximum absolute atomic E-state index is 12.2. The third-order valence-electron chi connectivity index (χ3n) is 4.93. The normalized spacial score (nSPS) is 11.4. The van der Waals surface area contributed by atoms with Crippen molar-refractivity contribution in [1.29, 1.82) is 0 Å². The maximum Gasteiger partial charge on any atom is 0.407 e. The average Bonchev–Trinajstić information content (AvgIpc) is 2.76. The van der Waals surface area contributed by atoms with Crippen molar-refractivity contribution < 1.29 is 19.1 Å². The highest BCUT2D eigenvalue weighted by molar-refractivity contribution is 5.86. The topological polar surface area (TPSA) is 111 Å². The molecule has 7 nitrogen and oxygen atoms in total. The zero-order valence-electron chi connectivity index (χ0n) is 17.9. The molecule has 0 fully saturated rings. The maximum atomic E-state index is 12.2. The largest absolute Gasteiger partial charge is 0.445 e. The minimum Gasteiger partial charge on any atom is -0.445 e. The van der Waals surface area contributed by atoms with Crippen LogP contribution in [-0.2, 0) is 27.4 Å². The van der Waals surface area contributed by atoms with Gasteiger partial charge in [0.05, 0.1) is 0 Å². The predicted molar refractivity (Wildman–Crippen MR) is 119 cm³/mol. The fourth-order valence-electron chi connectivity index (χ4n) is 3.10. The molecule has 2 aromatic rings. The molecule has 0 aliphatic rings. The van der Waals surface area contributed by atoms with Crippen LogP contribution in [0.1, 0.15) is 42.4 Å². The summed E-state index contributed by atoms with van der Waals surface area (Å²) in [6, 6.07) is 16.4. The van der Waals surface area contributed by atoms with E-state index in [1.54, 1.807) is 0 Å². The van der Waals surface area contributed by atoms with Gasteiger partial charge in [0.15, 0.2) is 0 Å². The molecule has 0 aliphatic heterocycles. The minimum atomic E-state index is -0.727. The third-order valence-corrected chi connectivity index (χ3v) is 4.93. The number of hydrogen-bond donors (Lipinski definition) is 3. The van der Waals surface area contributed by atoms with Crippen LogP contribution in [-0.4, -0.2) is 30.5 Å². The second-order valence-corrected chi connectivity index (χ2v) is 7.45. The molecule has 4 N–H and O–H groups in total. The predicted octanol–water partition coefficient (Wildman–Crippen LogP) is 2.99. The Morgan fingerprint density at radius 1 is 0.968 bits per heavy atom. The molecule has 0 saturated heterocycles. The fraction of sp³-hybridized carbons (Fsp3) is 0.375. The number of carbonyl (C=O) groups excluding carboxylic acids is 3. The van der Waals surface area contributed by atoms with Crippen molar-refractivity contribution in [3.8, 4) is 0 Å². The highest BCUT2D eigenvalue weighted by atomic mass is 16.5. The Balaban J connectivity index is 1.58. The van der Waals surface area contributed by atoms with Gasteiger partial charge in [-0.3, -0.25) is 9.59 Å². The summed E-state index contributed by atoms with van der Waals surface area (Å²) >= 11 is 0. The lowest BCUT2D eigenvalue weighted by Crippen LogP contribution is -2.45. The van der Waals surface area contributed by atoms with E-state index in [1.165, 1.54) is 0 Å². The van der Waals surface area contributed by atoms with E-state index in [2.05, 4.69) is 10.6 Å². The monoisotopic (exact) mass is 425 g/mol. The minimum absolute atomic E-state index is 0.201. The zero-order valence-corrected chi connectivity index (χ0v) is 17.9. The van der Waals surface area contributed by atoms with Crippen LogP contribution in [0.15, 0.2) is 54.6 Å². The Labute approximate surface area is 183 Å². The van der Waals surface area contributed by atoms with Gasteiger partial charge in [0.1, 0.15) is 12.6 Å². The van der Waals surface area contributed by atoms with E-state index >= 15 is 0 Å². The van der Waals surface area contributed by atoms with Crippen molar-refractivity contribution in [2.75, 3.05) is 6.54 Å². The molecule has 0 bridgehead atoms. The first-order valence-electron chi connectivity index (χ1n) is 10.5. The van der Waals surface area contributed by atoms with Gasteiger partial charge in [0, 0.05) is 19.4 Å². The second kappa shape index (κ2) is 13.1. The van der Waals surface area contributed by atoms with E-state index in [4.69, 9.17) is 10.5 Å². The van der Waals surface area contributed by atoms with Gasteiger partial charge < -0.3 is 21.1 Å². The van der Waals surface area contributed by atoms with Gasteiger partial charge in [-0.2, -0.15) is 0 Å². The van der Waals surface area contributed by atoms with Crippen LogP contribution >= 0.6 is 0 Å². The number of hydrogen-bond acceptors (Lipinski definition) is 4. The van der Waals surface area contributed by atoms with Crippen LogP contribution in [0.5, 0.6) is 0 Å². The molecule has 31 heavy (non-hydrogen) atoms. The van der Waals surface area contributed by atoms with Gasteiger partial charge >= 0.3 is 6.09 Å². The molecular formula is C24H31N3O4. The first kappa shape index (κ1) is 23.9. The fourth-order valence-corrected chi connectivity index (χ4v) is 3.10. The van der Waals surface area contributed by atoms with Crippen molar-refractivity contribution >= 4 is 17.9 Å². The Bertz CT molecular complexity index is 855. The van der Waals surface area contributed by atoms with Gasteiger partial charge in [-0.1, -0.05) is 61.0 Å². The summed E-state index contributed by atoms with van der Waals surface area (Å²) < 4.78 is 5.14. The number of nitrogens with two attached hydrogens (primary N) is 1. The van der Waals surface area contributed by atoms with Crippen LogP contribution in [0.4, 0.5) is 4.79 Å². The summed E-state index contributed by atoms with van der Waals surface area (Å²) in [5, 5.41) is 5.43. The number of amides is 3. The summed E-state index contributed by atoms with van der Waals surface area (Å²) in [5.74, 6) is -0.748. The van der Waals surface area contributed by atoms with Gasteiger partial charge in [-0.15, -0.1) is 0 Å². The molecule has 0 unspecified atom stereocenters. The molecule has 0 radical (unpaired) electrons. The summed E-state index contributed by atoms with van der Waals surface area (Å²) in [4.78, 5) is 35.6. The van der Waals surface area contributed by atoms with Crippen LogP contribution < -0.4 is 16.4 Å². The van der Waals surface area contributed by atoms with E-state index in [0.29, 0.717) is 25.8 Å². The van der Waals surface area contributed by atoms with E-state index in [0.717, 1.165) is 29.5 Å². The first-order chi connectivity index (χ1) is 15.0. The Hall–Kier alpha value is -3.35.